The summed E-state index contributed by atoms with van der Waals surface area (Å²) in [6.45, 7) is 6.31. The van der Waals surface area contributed by atoms with Gasteiger partial charge in [0.2, 0.25) is 11.8 Å². The monoisotopic (exact) mass is 272 g/mol. The number of hydrogen-bond acceptors (Lipinski definition) is 5. The van der Waals surface area contributed by atoms with Crippen LogP contribution in [0.25, 0.3) is 0 Å². The second-order valence-electron chi connectivity index (χ2n) is 4.52. The van der Waals surface area contributed by atoms with Crippen molar-refractivity contribution < 1.29 is 14.3 Å². The topological polar surface area (TPSA) is 82.7 Å². The predicted octanol–water partition coefficient (Wildman–Crippen LogP) is -1.84. The number of hydrogen-bond donors (Lipinski definition) is 3. The molecule has 1 fully saturated rings. The lowest BCUT2D eigenvalue weighted by atomic mass is 10.2. The van der Waals surface area contributed by atoms with Crippen LogP contribution in [0.4, 0.5) is 0 Å². The van der Waals surface area contributed by atoms with Gasteiger partial charge in [-0.1, -0.05) is 0 Å². The first-order valence-corrected chi connectivity index (χ1v) is 6.63. The molecular formula is C12H24N4O3. The van der Waals surface area contributed by atoms with Crippen molar-refractivity contribution in [1.29, 1.82) is 0 Å². The molecule has 0 aromatic carbocycles. The van der Waals surface area contributed by atoms with Gasteiger partial charge in [-0.3, -0.25) is 14.5 Å². The van der Waals surface area contributed by atoms with Crippen LogP contribution in [0, 0.1) is 0 Å². The van der Waals surface area contributed by atoms with Crippen LogP contribution in [-0.4, -0.2) is 75.7 Å². The average molecular weight is 272 g/mol. The molecule has 1 saturated heterocycles. The van der Waals surface area contributed by atoms with Gasteiger partial charge in [-0.25, -0.2) is 0 Å². The maximum atomic E-state index is 11.9. The van der Waals surface area contributed by atoms with Gasteiger partial charge >= 0.3 is 0 Å². The van der Waals surface area contributed by atoms with Gasteiger partial charge in [-0.15, -0.1) is 0 Å². The molecule has 0 aliphatic carbocycles. The van der Waals surface area contributed by atoms with Crippen molar-refractivity contribution in [2.24, 2.45) is 0 Å². The molecular weight excluding hydrogens is 248 g/mol. The number of methoxy groups -OCH3 is 1. The minimum atomic E-state index is -0.200. The molecule has 1 atom stereocenters. The van der Waals surface area contributed by atoms with Gasteiger partial charge in [0.15, 0.2) is 0 Å². The molecule has 1 aliphatic heterocycles. The van der Waals surface area contributed by atoms with Gasteiger partial charge in [0.25, 0.3) is 0 Å². The standard InChI is InChI=1S/C12H24N4O3/c1-10(16-6-3-13-4-7-16)12(18)15-9-11(17)14-5-8-19-2/h10,13H,3-9H2,1-2H3,(H,14,17)(H,15,18). The van der Waals surface area contributed by atoms with Crippen LogP contribution in [0.5, 0.6) is 0 Å². The lowest BCUT2D eigenvalue weighted by Gasteiger charge is -2.31. The third-order valence-corrected chi connectivity index (χ3v) is 3.13. The highest BCUT2D eigenvalue weighted by atomic mass is 16.5. The van der Waals surface area contributed by atoms with Crippen molar-refractivity contribution in [3.63, 3.8) is 0 Å². The fourth-order valence-electron chi connectivity index (χ4n) is 1.91. The second kappa shape index (κ2) is 8.84. The fraction of sp³-hybridized carbons (Fsp3) is 0.833. The minimum absolute atomic E-state index is 0.0129. The zero-order valence-corrected chi connectivity index (χ0v) is 11.7. The predicted molar refractivity (Wildman–Crippen MR) is 71.8 cm³/mol. The van der Waals surface area contributed by atoms with E-state index in [0.29, 0.717) is 13.2 Å². The Hall–Kier alpha value is -1.18. The Labute approximate surface area is 114 Å². The Balaban J connectivity index is 2.20. The molecule has 19 heavy (non-hydrogen) atoms. The van der Waals surface area contributed by atoms with Crippen LogP contribution in [0.3, 0.4) is 0 Å². The highest BCUT2D eigenvalue weighted by Crippen LogP contribution is 2.00. The summed E-state index contributed by atoms with van der Waals surface area (Å²) < 4.78 is 4.82. The molecule has 7 nitrogen and oxygen atoms in total. The second-order valence-corrected chi connectivity index (χ2v) is 4.52. The molecule has 0 aromatic heterocycles. The van der Waals surface area contributed by atoms with Gasteiger partial charge in [-0.05, 0) is 6.92 Å². The van der Waals surface area contributed by atoms with Gasteiger partial charge in [0, 0.05) is 39.8 Å². The highest BCUT2D eigenvalue weighted by molar-refractivity contribution is 5.87. The Morgan fingerprint density at radius 2 is 2.00 bits per heavy atom. The first-order valence-electron chi connectivity index (χ1n) is 6.63. The smallest absolute Gasteiger partial charge is 0.239 e. The molecule has 1 heterocycles. The van der Waals surface area contributed by atoms with Crippen LogP contribution in [0.1, 0.15) is 6.92 Å². The maximum absolute atomic E-state index is 11.9. The average Bonchev–Trinajstić information content (AvgIpc) is 2.45. The SMILES string of the molecule is COCCNC(=O)CNC(=O)C(C)N1CCNCC1. The van der Waals surface area contributed by atoms with E-state index in [-0.39, 0.29) is 24.4 Å². The Kier molecular flexibility index (Phi) is 7.39. The number of piperazine rings is 1. The Bertz CT molecular complexity index is 293. The van der Waals surface area contributed by atoms with Crippen LogP contribution >= 0.6 is 0 Å². The number of nitrogens with zero attached hydrogens (tertiary/aromatic N) is 1. The quantitative estimate of drug-likeness (QED) is 0.474. The summed E-state index contributed by atoms with van der Waals surface area (Å²) >= 11 is 0. The van der Waals surface area contributed by atoms with E-state index < -0.39 is 0 Å². The number of ether oxygens (including phenoxy) is 1. The van der Waals surface area contributed by atoms with E-state index in [1.165, 1.54) is 0 Å². The van der Waals surface area contributed by atoms with Crippen LogP contribution in [0.2, 0.25) is 0 Å². The first-order chi connectivity index (χ1) is 9.15. The Morgan fingerprint density at radius 3 is 2.63 bits per heavy atom. The third-order valence-electron chi connectivity index (χ3n) is 3.13. The summed E-state index contributed by atoms with van der Waals surface area (Å²) in [6, 6.07) is -0.200. The molecule has 0 spiro atoms. The van der Waals surface area contributed by atoms with E-state index in [1.54, 1.807) is 7.11 Å². The number of amides is 2. The maximum Gasteiger partial charge on any atom is 0.239 e. The number of carbonyl (C=O) groups is 2. The van der Waals surface area contributed by atoms with Crippen molar-refractivity contribution in [1.82, 2.24) is 20.9 Å². The van der Waals surface area contributed by atoms with Crippen molar-refractivity contribution in [2.45, 2.75) is 13.0 Å². The molecule has 110 valence electrons. The van der Waals surface area contributed by atoms with E-state index in [4.69, 9.17) is 4.74 Å². The summed E-state index contributed by atoms with van der Waals surface area (Å²) in [5.41, 5.74) is 0. The van der Waals surface area contributed by atoms with E-state index in [2.05, 4.69) is 20.9 Å². The summed E-state index contributed by atoms with van der Waals surface area (Å²) in [7, 11) is 1.57. The summed E-state index contributed by atoms with van der Waals surface area (Å²) in [6.07, 6.45) is 0. The summed E-state index contributed by atoms with van der Waals surface area (Å²) in [5, 5.41) is 8.55. The van der Waals surface area contributed by atoms with Gasteiger partial charge in [0.1, 0.15) is 0 Å². The molecule has 0 bridgehead atoms. The number of nitrogens with one attached hydrogen (secondary N) is 3. The first kappa shape index (κ1) is 15.9. The molecule has 2 amide bonds. The van der Waals surface area contributed by atoms with Gasteiger partial charge in [0.05, 0.1) is 19.2 Å². The van der Waals surface area contributed by atoms with E-state index in [1.807, 2.05) is 6.92 Å². The van der Waals surface area contributed by atoms with Crippen molar-refractivity contribution in [3.05, 3.63) is 0 Å². The number of carbonyl (C=O) groups excluding carboxylic acids is 2. The Morgan fingerprint density at radius 1 is 1.32 bits per heavy atom. The fourth-order valence-corrected chi connectivity index (χ4v) is 1.91. The van der Waals surface area contributed by atoms with E-state index in [9.17, 15) is 9.59 Å². The molecule has 0 saturated carbocycles. The lowest BCUT2D eigenvalue weighted by Crippen LogP contribution is -2.53. The van der Waals surface area contributed by atoms with E-state index in [0.717, 1.165) is 26.2 Å². The molecule has 1 unspecified atom stereocenters. The van der Waals surface area contributed by atoms with E-state index >= 15 is 0 Å². The largest absolute Gasteiger partial charge is 0.383 e. The summed E-state index contributed by atoms with van der Waals surface area (Å²) in [4.78, 5) is 25.4. The number of rotatable bonds is 7. The van der Waals surface area contributed by atoms with Crippen LogP contribution < -0.4 is 16.0 Å². The normalized spacial score (nSPS) is 17.8. The van der Waals surface area contributed by atoms with Gasteiger partial charge < -0.3 is 20.7 Å². The molecule has 7 heteroatoms. The van der Waals surface area contributed by atoms with Crippen LogP contribution in [0.15, 0.2) is 0 Å². The molecule has 1 aliphatic rings. The van der Waals surface area contributed by atoms with Crippen LogP contribution in [-0.2, 0) is 14.3 Å². The minimum Gasteiger partial charge on any atom is -0.383 e. The van der Waals surface area contributed by atoms with Gasteiger partial charge in [-0.2, -0.15) is 0 Å². The van der Waals surface area contributed by atoms with Crippen molar-refractivity contribution >= 4 is 11.8 Å². The molecule has 3 N–H and O–H groups in total. The molecule has 0 aromatic rings. The highest BCUT2D eigenvalue weighted by Gasteiger charge is 2.22. The zero-order valence-electron chi connectivity index (χ0n) is 11.7. The molecule has 0 radical (unpaired) electrons. The van der Waals surface area contributed by atoms with Crippen molar-refractivity contribution in [3.8, 4) is 0 Å². The zero-order chi connectivity index (χ0) is 14.1. The summed E-state index contributed by atoms with van der Waals surface area (Å²) in [5.74, 6) is -0.304. The van der Waals surface area contributed by atoms with Crippen molar-refractivity contribution in [2.75, 3.05) is 53.0 Å². The lowest BCUT2D eigenvalue weighted by molar-refractivity contribution is -0.129. The molecule has 1 rings (SSSR count). The third kappa shape index (κ3) is 6.00.